The summed E-state index contributed by atoms with van der Waals surface area (Å²) in [5.41, 5.74) is 1.46. The minimum Gasteiger partial charge on any atom is -0.336 e. The lowest BCUT2D eigenvalue weighted by molar-refractivity contribution is -0.115. The van der Waals surface area contributed by atoms with Gasteiger partial charge in [0.05, 0.1) is 15.0 Å². The minimum absolute atomic E-state index is 0.0560. The molecular formula is C17H21BrN4O2S. The zero-order valence-electron chi connectivity index (χ0n) is 14.3. The number of piperazine rings is 1. The van der Waals surface area contributed by atoms with E-state index in [9.17, 15) is 9.59 Å². The number of rotatable bonds is 4. The van der Waals surface area contributed by atoms with Crippen molar-refractivity contribution < 1.29 is 9.59 Å². The topological polar surface area (TPSA) is 65.5 Å². The van der Waals surface area contributed by atoms with Crippen molar-refractivity contribution in [2.75, 3.05) is 38.5 Å². The van der Waals surface area contributed by atoms with E-state index in [0.717, 1.165) is 36.4 Å². The number of hydrogen-bond donors (Lipinski definition) is 1. The second kappa shape index (κ2) is 7.80. The predicted molar refractivity (Wildman–Crippen MR) is 105 cm³/mol. The second-order valence-corrected chi connectivity index (χ2v) is 8.30. The van der Waals surface area contributed by atoms with E-state index < -0.39 is 0 Å². The molecule has 1 aromatic carbocycles. The number of benzene rings is 1. The molecule has 0 aliphatic carbocycles. The summed E-state index contributed by atoms with van der Waals surface area (Å²) in [5, 5.41) is 3.38. The number of hydrogen-bond acceptors (Lipinski definition) is 5. The number of nitrogens with zero attached hydrogens (tertiary/aromatic N) is 3. The van der Waals surface area contributed by atoms with E-state index >= 15 is 0 Å². The summed E-state index contributed by atoms with van der Waals surface area (Å²) >= 11 is 4.72. The summed E-state index contributed by atoms with van der Waals surface area (Å²) in [6, 6.07) is 5.53. The number of carbonyl (C=O) groups excluding carboxylic acids is 2. The largest absolute Gasteiger partial charge is 0.336 e. The first-order valence-electron chi connectivity index (χ1n) is 8.31. The van der Waals surface area contributed by atoms with E-state index in [4.69, 9.17) is 0 Å². The van der Waals surface area contributed by atoms with Crippen molar-refractivity contribution in [2.24, 2.45) is 0 Å². The maximum absolute atomic E-state index is 12.7. The highest BCUT2D eigenvalue weighted by Crippen LogP contribution is 2.28. The van der Waals surface area contributed by atoms with Gasteiger partial charge in [0.15, 0.2) is 5.13 Å². The molecule has 1 aromatic heterocycles. The Labute approximate surface area is 159 Å². The highest BCUT2D eigenvalue weighted by Gasteiger charge is 2.21. The van der Waals surface area contributed by atoms with Gasteiger partial charge in [0.2, 0.25) is 5.91 Å². The fraction of sp³-hybridized carbons (Fsp3) is 0.471. The Morgan fingerprint density at radius 1 is 1.32 bits per heavy atom. The van der Waals surface area contributed by atoms with Crippen LogP contribution in [0, 0.1) is 0 Å². The third kappa shape index (κ3) is 4.19. The van der Waals surface area contributed by atoms with Crippen LogP contribution in [0.2, 0.25) is 0 Å². The summed E-state index contributed by atoms with van der Waals surface area (Å²) in [6.45, 7) is 5.24. The van der Waals surface area contributed by atoms with Crippen LogP contribution in [0.25, 0.3) is 10.2 Å². The molecule has 2 aromatic rings. The van der Waals surface area contributed by atoms with E-state index in [-0.39, 0.29) is 16.6 Å². The first-order chi connectivity index (χ1) is 12.0. The van der Waals surface area contributed by atoms with Crippen molar-refractivity contribution in [1.82, 2.24) is 14.8 Å². The number of aromatic nitrogens is 1. The standard InChI is InChI=1S/C17H21BrN4O2S/c1-3-12(18)15(23)20-17-19-13-5-4-11(10-14(13)25-17)16(24)22-8-6-21(2)7-9-22/h4-5,10,12H,3,6-9H2,1-2H3,(H,19,20,23). The Kier molecular flexibility index (Phi) is 5.71. The SMILES string of the molecule is CCC(Br)C(=O)Nc1nc2ccc(C(=O)N3CCN(C)CC3)cc2s1. The first-order valence-corrected chi connectivity index (χ1v) is 10.0. The Bertz CT molecular complexity index is 786. The van der Waals surface area contributed by atoms with E-state index in [2.05, 4.69) is 38.2 Å². The van der Waals surface area contributed by atoms with Gasteiger partial charge in [0.25, 0.3) is 5.91 Å². The summed E-state index contributed by atoms with van der Waals surface area (Å²) in [7, 11) is 2.07. The Balaban J connectivity index is 1.76. The molecule has 2 amide bonds. The van der Waals surface area contributed by atoms with Crippen LogP contribution in [-0.2, 0) is 4.79 Å². The number of fused-ring (bicyclic) bond motifs is 1. The molecule has 25 heavy (non-hydrogen) atoms. The predicted octanol–water partition coefficient (Wildman–Crippen LogP) is 2.80. The highest BCUT2D eigenvalue weighted by molar-refractivity contribution is 9.10. The molecule has 2 heterocycles. The van der Waals surface area contributed by atoms with Crippen molar-refractivity contribution in [3.63, 3.8) is 0 Å². The van der Waals surface area contributed by atoms with Crippen LogP contribution in [0.4, 0.5) is 5.13 Å². The number of halogens is 1. The molecule has 0 bridgehead atoms. The number of nitrogens with one attached hydrogen (secondary N) is 1. The zero-order valence-corrected chi connectivity index (χ0v) is 16.7. The normalized spacial score (nSPS) is 16.8. The second-order valence-electron chi connectivity index (χ2n) is 6.16. The maximum Gasteiger partial charge on any atom is 0.253 e. The van der Waals surface area contributed by atoms with Gasteiger partial charge < -0.3 is 15.1 Å². The van der Waals surface area contributed by atoms with Gasteiger partial charge in [-0.1, -0.05) is 34.2 Å². The summed E-state index contributed by atoms with van der Waals surface area (Å²) in [4.78, 5) is 33.0. The van der Waals surface area contributed by atoms with E-state index in [1.165, 1.54) is 11.3 Å². The molecule has 1 saturated heterocycles. The average Bonchev–Trinajstić information content (AvgIpc) is 3.02. The number of anilines is 1. The van der Waals surface area contributed by atoms with Gasteiger partial charge in [-0.25, -0.2) is 4.98 Å². The number of thiazole rings is 1. The van der Waals surface area contributed by atoms with Gasteiger partial charge in [0.1, 0.15) is 0 Å². The minimum atomic E-state index is -0.228. The molecule has 134 valence electrons. The Morgan fingerprint density at radius 2 is 2.04 bits per heavy atom. The number of amides is 2. The number of alkyl halides is 1. The van der Waals surface area contributed by atoms with E-state index in [0.29, 0.717) is 17.1 Å². The third-order valence-electron chi connectivity index (χ3n) is 4.30. The molecule has 6 nitrogen and oxygen atoms in total. The van der Waals surface area contributed by atoms with Gasteiger partial charge in [-0.15, -0.1) is 0 Å². The quantitative estimate of drug-likeness (QED) is 0.766. The Morgan fingerprint density at radius 3 is 2.72 bits per heavy atom. The molecule has 8 heteroatoms. The van der Waals surface area contributed by atoms with Crippen molar-refractivity contribution in [2.45, 2.75) is 18.2 Å². The molecule has 1 atom stereocenters. The molecule has 0 radical (unpaired) electrons. The fourth-order valence-electron chi connectivity index (χ4n) is 2.67. The highest BCUT2D eigenvalue weighted by atomic mass is 79.9. The molecule has 1 fully saturated rings. The lowest BCUT2D eigenvalue weighted by atomic mass is 10.1. The number of carbonyl (C=O) groups is 2. The summed E-state index contributed by atoms with van der Waals surface area (Å²) in [5.74, 6) is -0.0456. The van der Waals surface area contributed by atoms with Crippen molar-refractivity contribution in [3.05, 3.63) is 23.8 Å². The van der Waals surface area contributed by atoms with Crippen LogP contribution in [0.15, 0.2) is 18.2 Å². The van der Waals surface area contributed by atoms with Crippen LogP contribution in [0.1, 0.15) is 23.7 Å². The molecule has 0 saturated carbocycles. The zero-order chi connectivity index (χ0) is 18.0. The van der Waals surface area contributed by atoms with Gasteiger partial charge in [-0.05, 0) is 31.7 Å². The lowest BCUT2D eigenvalue weighted by Crippen LogP contribution is -2.47. The smallest absolute Gasteiger partial charge is 0.253 e. The van der Waals surface area contributed by atoms with Crippen molar-refractivity contribution in [1.29, 1.82) is 0 Å². The molecule has 1 N–H and O–H groups in total. The van der Waals surface area contributed by atoms with Crippen molar-refractivity contribution >= 4 is 54.4 Å². The fourth-order valence-corrected chi connectivity index (χ4v) is 3.69. The Hall–Kier alpha value is -1.51. The van der Waals surface area contributed by atoms with E-state index in [1.54, 1.807) is 0 Å². The molecular weight excluding hydrogens is 404 g/mol. The third-order valence-corrected chi connectivity index (χ3v) is 6.30. The van der Waals surface area contributed by atoms with E-state index in [1.807, 2.05) is 30.0 Å². The summed E-state index contributed by atoms with van der Waals surface area (Å²) in [6.07, 6.45) is 0.709. The van der Waals surface area contributed by atoms with Gasteiger partial charge >= 0.3 is 0 Å². The van der Waals surface area contributed by atoms with Crippen LogP contribution in [0.5, 0.6) is 0 Å². The van der Waals surface area contributed by atoms with Crippen molar-refractivity contribution in [3.8, 4) is 0 Å². The summed E-state index contributed by atoms with van der Waals surface area (Å²) < 4.78 is 0.901. The van der Waals surface area contributed by atoms with Crippen LogP contribution in [0.3, 0.4) is 0 Å². The van der Waals surface area contributed by atoms with Gasteiger partial charge in [0, 0.05) is 31.7 Å². The van der Waals surface area contributed by atoms with Gasteiger partial charge in [-0.2, -0.15) is 0 Å². The molecule has 1 aliphatic rings. The van der Waals surface area contributed by atoms with Gasteiger partial charge in [-0.3, -0.25) is 9.59 Å². The van der Waals surface area contributed by atoms with Crippen LogP contribution in [-0.4, -0.2) is 64.7 Å². The lowest BCUT2D eigenvalue weighted by Gasteiger charge is -2.32. The number of likely N-dealkylation sites (N-methyl/N-ethyl adjacent to an activating group) is 1. The molecule has 3 rings (SSSR count). The average molecular weight is 425 g/mol. The monoisotopic (exact) mass is 424 g/mol. The van der Waals surface area contributed by atoms with Crippen LogP contribution < -0.4 is 5.32 Å². The molecule has 1 aliphatic heterocycles. The maximum atomic E-state index is 12.7. The van der Waals surface area contributed by atoms with Crippen LogP contribution >= 0.6 is 27.3 Å². The molecule has 0 spiro atoms. The first kappa shape index (κ1) is 18.3. The molecule has 1 unspecified atom stereocenters.